The van der Waals surface area contributed by atoms with Gasteiger partial charge in [-0.2, -0.15) is 0 Å². The Labute approximate surface area is 118 Å². The largest absolute Gasteiger partial charge is 0.383 e. The molecule has 0 aliphatic carbocycles. The zero-order chi connectivity index (χ0) is 14.1. The third-order valence-corrected chi connectivity index (χ3v) is 4.42. The van der Waals surface area contributed by atoms with Gasteiger partial charge in [0.25, 0.3) is 0 Å². The highest BCUT2D eigenvalue weighted by Gasteiger charge is 2.37. The van der Waals surface area contributed by atoms with Gasteiger partial charge in [-0.1, -0.05) is 6.92 Å². The molecule has 1 aliphatic rings. The Hall–Kier alpha value is -0.200. The van der Waals surface area contributed by atoms with Crippen LogP contribution in [0.2, 0.25) is 0 Å². The lowest BCUT2D eigenvalue weighted by atomic mass is 9.85. The quantitative estimate of drug-likeness (QED) is 0.659. The summed E-state index contributed by atoms with van der Waals surface area (Å²) in [6, 6.07) is 0. The third-order valence-electron chi connectivity index (χ3n) is 4.42. The average molecular weight is 273 g/mol. The molecule has 2 N–H and O–H groups in total. The maximum Gasteiger partial charge on any atom is 0.0589 e. The van der Waals surface area contributed by atoms with E-state index in [-0.39, 0.29) is 5.54 Å². The van der Waals surface area contributed by atoms with Crippen molar-refractivity contribution in [1.82, 2.24) is 9.80 Å². The van der Waals surface area contributed by atoms with Crippen LogP contribution in [0, 0.1) is 0 Å². The van der Waals surface area contributed by atoms with Crippen molar-refractivity contribution in [3.05, 3.63) is 0 Å². The Morgan fingerprint density at radius 2 is 1.63 bits per heavy atom. The van der Waals surface area contributed by atoms with Crippen LogP contribution in [0.15, 0.2) is 0 Å². The first-order valence-electron chi connectivity index (χ1n) is 7.37. The van der Waals surface area contributed by atoms with Crippen molar-refractivity contribution in [1.29, 1.82) is 0 Å². The minimum Gasteiger partial charge on any atom is -0.383 e. The van der Waals surface area contributed by atoms with E-state index in [2.05, 4.69) is 16.7 Å². The first-order chi connectivity index (χ1) is 9.22. The minimum atomic E-state index is 0.128. The van der Waals surface area contributed by atoms with E-state index >= 15 is 0 Å². The van der Waals surface area contributed by atoms with Crippen LogP contribution in [-0.4, -0.2) is 82.0 Å². The number of hydrogen-bond acceptors (Lipinski definition) is 5. The zero-order valence-electron chi connectivity index (χ0n) is 12.9. The molecule has 0 aromatic carbocycles. The molecular formula is C14H31N3O2. The van der Waals surface area contributed by atoms with Crippen LogP contribution in [0.25, 0.3) is 0 Å². The Morgan fingerprint density at radius 1 is 1.11 bits per heavy atom. The lowest BCUT2D eigenvalue weighted by Crippen LogP contribution is -2.60. The summed E-state index contributed by atoms with van der Waals surface area (Å²) in [5.41, 5.74) is 6.26. The fraction of sp³-hybridized carbons (Fsp3) is 1.00. The van der Waals surface area contributed by atoms with Crippen LogP contribution in [0.5, 0.6) is 0 Å². The van der Waals surface area contributed by atoms with Crippen LogP contribution < -0.4 is 5.73 Å². The summed E-state index contributed by atoms with van der Waals surface area (Å²) in [7, 11) is 3.51. The van der Waals surface area contributed by atoms with Gasteiger partial charge in [-0.25, -0.2) is 0 Å². The lowest BCUT2D eigenvalue weighted by Gasteiger charge is -2.48. The number of hydrogen-bond donors (Lipinski definition) is 1. The zero-order valence-corrected chi connectivity index (χ0v) is 12.9. The highest BCUT2D eigenvalue weighted by Crippen LogP contribution is 2.27. The van der Waals surface area contributed by atoms with Crippen molar-refractivity contribution in [3.63, 3.8) is 0 Å². The Kier molecular flexibility index (Phi) is 7.87. The molecule has 0 bridgehead atoms. The minimum absolute atomic E-state index is 0.128. The van der Waals surface area contributed by atoms with E-state index in [9.17, 15) is 0 Å². The number of nitrogens with zero attached hydrogens (tertiary/aromatic N) is 2. The molecule has 1 heterocycles. The molecule has 0 atom stereocenters. The van der Waals surface area contributed by atoms with Crippen LogP contribution in [-0.2, 0) is 9.47 Å². The standard InChI is InChI=1S/C14H31N3O2/c1-4-16-7-5-14(13-15,6-8-16)17(9-11-18-2)10-12-19-3/h4-13,15H2,1-3H3. The number of rotatable bonds is 9. The summed E-state index contributed by atoms with van der Waals surface area (Å²) in [5.74, 6) is 0. The van der Waals surface area contributed by atoms with Crippen LogP contribution >= 0.6 is 0 Å². The van der Waals surface area contributed by atoms with E-state index in [0.717, 1.165) is 65.3 Å². The molecule has 0 radical (unpaired) electrons. The Balaban J connectivity index is 2.65. The Bertz CT molecular complexity index is 223. The number of methoxy groups -OCH3 is 2. The molecule has 0 aromatic heterocycles. The van der Waals surface area contributed by atoms with E-state index < -0.39 is 0 Å². The van der Waals surface area contributed by atoms with Gasteiger partial charge >= 0.3 is 0 Å². The molecule has 0 saturated carbocycles. The monoisotopic (exact) mass is 273 g/mol. The molecule has 0 aromatic rings. The summed E-state index contributed by atoms with van der Waals surface area (Å²) >= 11 is 0. The van der Waals surface area contributed by atoms with Crippen molar-refractivity contribution in [2.24, 2.45) is 5.73 Å². The highest BCUT2D eigenvalue weighted by atomic mass is 16.5. The number of likely N-dealkylation sites (tertiary alicyclic amines) is 1. The molecule has 114 valence electrons. The molecule has 1 rings (SSSR count). The predicted molar refractivity (Wildman–Crippen MR) is 78.5 cm³/mol. The van der Waals surface area contributed by atoms with Crippen molar-refractivity contribution in [3.8, 4) is 0 Å². The molecule has 0 amide bonds. The molecule has 5 heteroatoms. The van der Waals surface area contributed by atoms with Crippen LogP contribution in [0.4, 0.5) is 0 Å². The van der Waals surface area contributed by atoms with Crippen LogP contribution in [0.1, 0.15) is 19.8 Å². The van der Waals surface area contributed by atoms with E-state index in [4.69, 9.17) is 15.2 Å². The fourth-order valence-corrected chi connectivity index (χ4v) is 2.92. The average Bonchev–Trinajstić information content (AvgIpc) is 2.47. The molecule has 1 fully saturated rings. The highest BCUT2D eigenvalue weighted by molar-refractivity contribution is 4.96. The molecular weight excluding hydrogens is 242 g/mol. The van der Waals surface area contributed by atoms with E-state index in [1.165, 1.54) is 0 Å². The van der Waals surface area contributed by atoms with Gasteiger partial charge < -0.3 is 20.1 Å². The second kappa shape index (κ2) is 8.87. The predicted octanol–water partition coefficient (Wildman–Crippen LogP) is 0.394. The molecule has 0 spiro atoms. The van der Waals surface area contributed by atoms with Gasteiger partial charge in [0.15, 0.2) is 0 Å². The molecule has 1 aliphatic heterocycles. The van der Waals surface area contributed by atoms with Gasteiger partial charge in [0.2, 0.25) is 0 Å². The van der Waals surface area contributed by atoms with Gasteiger partial charge in [0.1, 0.15) is 0 Å². The number of nitrogens with two attached hydrogens (primary N) is 1. The van der Waals surface area contributed by atoms with Gasteiger partial charge in [-0.3, -0.25) is 4.90 Å². The maximum atomic E-state index is 6.13. The van der Waals surface area contributed by atoms with Crippen molar-refractivity contribution in [2.45, 2.75) is 25.3 Å². The van der Waals surface area contributed by atoms with Crippen molar-refractivity contribution >= 4 is 0 Å². The van der Waals surface area contributed by atoms with E-state index in [1.54, 1.807) is 14.2 Å². The molecule has 19 heavy (non-hydrogen) atoms. The maximum absolute atomic E-state index is 6.13. The summed E-state index contributed by atoms with van der Waals surface area (Å²) in [6.45, 7) is 9.74. The third kappa shape index (κ3) is 4.68. The van der Waals surface area contributed by atoms with Crippen molar-refractivity contribution < 1.29 is 9.47 Å². The lowest BCUT2D eigenvalue weighted by molar-refractivity contribution is -0.00174. The number of ether oxygens (including phenoxy) is 2. The summed E-state index contributed by atoms with van der Waals surface area (Å²) in [4.78, 5) is 4.98. The Morgan fingerprint density at radius 3 is 2.00 bits per heavy atom. The van der Waals surface area contributed by atoms with E-state index in [1.807, 2.05) is 0 Å². The van der Waals surface area contributed by atoms with Gasteiger partial charge in [-0.05, 0) is 32.5 Å². The first-order valence-corrected chi connectivity index (χ1v) is 7.37. The van der Waals surface area contributed by atoms with Gasteiger partial charge in [0, 0.05) is 39.4 Å². The number of piperidine rings is 1. The summed E-state index contributed by atoms with van der Waals surface area (Å²) < 4.78 is 10.5. The molecule has 0 unspecified atom stereocenters. The summed E-state index contributed by atoms with van der Waals surface area (Å²) in [5, 5.41) is 0. The molecule has 1 saturated heterocycles. The first kappa shape index (κ1) is 16.9. The smallest absolute Gasteiger partial charge is 0.0589 e. The normalized spacial score (nSPS) is 20.1. The van der Waals surface area contributed by atoms with E-state index in [0.29, 0.717) is 0 Å². The second-order valence-corrected chi connectivity index (χ2v) is 5.34. The topological polar surface area (TPSA) is 51.0 Å². The van der Waals surface area contributed by atoms with Crippen LogP contribution in [0.3, 0.4) is 0 Å². The van der Waals surface area contributed by atoms with Gasteiger partial charge in [0.05, 0.1) is 13.2 Å². The second-order valence-electron chi connectivity index (χ2n) is 5.34. The SMILES string of the molecule is CCN1CCC(CN)(N(CCOC)CCOC)CC1. The fourth-order valence-electron chi connectivity index (χ4n) is 2.92. The molecule has 5 nitrogen and oxygen atoms in total. The summed E-state index contributed by atoms with van der Waals surface area (Å²) in [6.07, 6.45) is 2.29. The van der Waals surface area contributed by atoms with Gasteiger partial charge in [-0.15, -0.1) is 0 Å². The van der Waals surface area contributed by atoms with Crippen molar-refractivity contribution in [2.75, 3.05) is 66.7 Å².